The third-order valence-electron chi connectivity index (χ3n) is 2.26. The van der Waals surface area contributed by atoms with E-state index >= 15 is 0 Å². The Hall–Kier alpha value is -1.91. The van der Waals surface area contributed by atoms with Gasteiger partial charge in [0.05, 0.1) is 0 Å². The van der Waals surface area contributed by atoms with Crippen LogP contribution in [-0.2, 0) is 0 Å². The number of nitrogens with one attached hydrogen (secondary N) is 1. The summed E-state index contributed by atoms with van der Waals surface area (Å²) in [5, 5.41) is 2.48. The van der Waals surface area contributed by atoms with Crippen LogP contribution in [-0.4, -0.2) is 11.9 Å². The number of halogens is 1. The summed E-state index contributed by atoms with van der Waals surface area (Å²) in [6.45, 7) is 1.84. The molecule has 1 aromatic carbocycles. The van der Waals surface area contributed by atoms with Gasteiger partial charge in [0.15, 0.2) is 0 Å². The van der Waals surface area contributed by atoms with Crippen LogP contribution >= 0.6 is 0 Å². The summed E-state index contributed by atoms with van der Waals surface area (Å²) in [6, 6.07) is 3.48. The highest BCUT2D eigenvalue weighted by Gasteiger charge is 2.27. The van der Waals surface area contributed by atoms with Crippen molar-refractivity contribution in [2.24, 2.45) is 10.7 Å². The van der Waals surface area contributed by atoms with Crippen LogP contribution in [0.25, 0.3) is 0 Å². The molecule has 4 nitrogen and oxygen atoms in total. The second kappa shape index (κ2) is 3.34. The van der Waals surface area contributed by atoms with Gasteiger partial charge in [0.2, 0.25) is 0 Å². The first-order chi connectivity index (χ1) is 7.08. The van der Waals surface area contributed by atoms with Gasteiger partial charge >= 0.3 is 6.03 Å². The highest BCUT2D eigenvalue weighted by atomic mass is 19.1. The number of rotatable bonds is 1. The Kier molecular flexibility index (Phi) is 2.15. The van der Waals surface area contributed by atoms with Crippen molar-refractivity contribution in [3.63, 3.8) is 0 Å². The Labute approximate surface area is 86.0 Å². The smallest absolute Gasteiger partial charge is 0.343 e. The number of hydrogen-bond acceptors (Lipinski definition) is 2. The summed E-state index contributed by atoms with van der Waals surface area (Å²) >= 11 is 0. The SMILES string of the molecule is Cc1ccc(F)c(C2NC(=O)N=C2N)c1. The fourth-order valence-electron chi connectivity index (χ4n) is 1.53. The molecule has 15 heavy (non-hydrogen) atoms. The lowest BCUT2D eigenvalue weighted by atomic mass is 10.0. The Bertz CT molecular complexity index is 456. The number of carbonyl (C=O) groups is 1. The molecular formula is C10H10FN3O. The molecule has 0 fully saturated rings. The number of amides is 2. The van der Waals surface area contributed by atoms with Gasteiger partial charge in [-0.1, -0.05) is 17.7 Å². The minimum Gasteiger partial charge on any atom is -0.385 e. The van der Waals surface area contributed by atoms with E-state index < -0.39 is 17.9 Å². The van der Waals surface area contributed by atoms with Gasteiger partial charge in [-0.25, -0.2) is 9.18 Å². The number of aryl methyl sites for hydroxylation is 1. The quantitative estimate of drug-likeness (QED) is 0.727. The first-order valence-electron chi connectivity index (χ1n) is 4.48. The molecule has 0 aromatic heterocycles. The lowest BCUT2D eigenvalue weighted by Gasteiger charge is -2.12. The molecule has 2 rings (SSSR count). The van der Waals surface area contributed by atoms with Crippen molar-refractivity contribution in [1.29, 1.82) is 0 Å². The van der Waals surface area contributed by atoms with E-state index in [-0.39, 0.29) is 5.84 Å². The maximum absolute atomic E-state index is 13.5. The van der Waals surface area contributed by atoms with Gasteiger partial charge in [-0.15, -0.1) is 0 Å². The normalized spacial score (nSPS) is 20.0. The highest BCUT2D eigenvalue weighted by Crippen LogP contribution is 2.21. The average molecular weight is 207 g/mol. The monoisotopic (exact) mass is 207 g/mol. The predicted octanol–water partition coefficient (Wildman–Crippen LogP) is 1.26. The zero-order valence-electron chi connectivity index (χ0n) is 8.12. The van der Waals surface area contributed by atoms with E-state index in [1.54, 1.807) is 12.1 Å². The topological polar surface area (TPSA) is 67.5 Å². The molecule has 0 radical (unpaired) electrons. The van der Waals surface area contributed by atoms with Crippen molar-refractivity contribution in [3.8, 4) is 0 Å². The van der Waals surface area contributed by atoms with Crippen molar-refractivity contribution >= 4 is 11.9 Å². The van der Waals surface area contributed by atoms with Crippen LogP contribution in [0, 0.1) is 12.7 Å². The maximum Gasteiger partial charge on any atom is 0.343 e. The third kappa shape index (κ3) is 1.68. The Morgan fingerprint density at radius 3 is 2.87 bits per heavy atom. The summed E-state index contributed by atoms with van der Waals surface area (Å²) in [5.74, 6) is -0.296. The molecule has 1 aromatic rings. The predicted molar refractivity (Wildman–Crippen MR) is 54.0 cm³/mol. The minimum absolute atomic E-state index is 0.101. The van der Waals surface area contributed by atoms with Crippen molar-refractivity contribution in [2.45, 2.75) is 13.0 Å². The fraction of sp³-hybridized carbons (Fsp3) is 0.200. The number of carbonyl (C=O) groups excluding carboxylic acids is 1. The van der Waals surface area contributed by atoms with Gasteiger partial charge in [-0.2, -0.15) is 4.99 Å². The summed E-state index contributed by atoms with van der Waals surface area (Å²) < 4.78 is 13.5. The lowest BCUT2D eigenvalue weighted by molar-refractivity contribution is 0.250. The van der Waals surface area contributed by atoms with Crippen molar-refractivity contribution in [2.75, 3.05) is 0 Å². The molecular weight excluding hydrogens is 197 g/mol. The molecule has 2 amide bonds. The molecule has 0 spiro atoms. The molecule has 1 aliphatic rings. The molecule has 78 valence electrons. The van der Waals surface area contributed by atoms with Gasteiger partial charge in [0.1, 0.15) is 17.7 Å². The minimum atomic E-state index is -0.641. The highest BCUT2D eigenvalue weighted by molar-refractivity contribution is 6.03. The third-order valence-corrected chi connectivity index (χ3v) is 2.26. The van der Waals surface area contributed by atoms with E-state index in [1.165, 1.54) is 6.07 Å². The van der Waals surface area contributed by atoms with Crippen molar-refractivity contribution in [1.82, 2.24) is 5.32 Å². The Balaban J connectivity index is 2.42. The second-order valence-electron chi connectivity index (χ2n) is 3.44. The number of nitrogens with two attached hydrogens (primary N) is 1. The number of nitrogens with zero attached hydrogens (tertiary/aromatic N) is 1. The Morgan fingerprint density at radius 2 is 2.27 bits per heavy atom. The molecule has 1 atom stereocenters. The van der Waals surface area contributed by atoms with Crippen LogP contribution in [0.3, 0.4) is 0 Å². The van der Waals surface area contributed by atoms with Crippen LogP contribution in [0.15, 0.2) is 23.2 Å². The van der Waals surface area contributed by atoms with Gasteiger partial charge in [-0.05, 0) is 13.0 Å². The first-order valence-corrected chi connectivity index (χ1v) is 4.48. The fourth-order valence-corrected chi connectivity index (χ4v) is 1.53. The van der Waals surface area contributed by atoms with E-state index in [2.05, 4.69) is 10.3 Å². The average Bonchev–Trinajstić information content (AvgIpc) is 2.50. The number of aliphatic imine (C=N–C) groups is 1. The summed E-state index contributed by atoms with van der Waals surface area (Å²) in [5.41, 5.74) is 6.77. The van der Waals surface area contributed by atoms with Gasteiger partial charge in [0, 0.05) is 5.56 Å². The van der Waals surface area contributed by atoms with E-state index in [0.29, 0.717) is 5.56 Å². The largest absolute Gasteiger partial charge is 0.385 e. The number of amidine groups is 1. The second-order valence-corrected chi connectivity index (χ2v) is 3.44. The molecule has 5 heteroatoms. The molecule has 0 saturated carbocycles. The van der Waals surface area contributed by atoms with Crippen molar-refractivity contribution in [3.05, 3.63) is 35.1 Å². The van der Waals surface area contributed by atoms with Crippen LogP contribution in [0.4, 0.5) is 9.18 Å². The molecule has 1 aliphatic heterocycles. The van der Waals surface area contributed by atoms with E-state index in [4.69, 9.17) is 5.73 Å². The number of urea groups is 1. The molecule has 1 heterocycles. The molecule has 0 aliphatic carbocycles. The van der Waals surface area contributed by atoms with Gasteiger partial charge in [0.25, 0.3) is 0 Å². The molecule has 0 saturated heterocycles. The maximum atomic E-state index is 13.5. The summed E-state index contributed by atoms with van der Waals surface area (Å²) in [6.07, 6.45) is 0. The van der Waals surface area contributed by atoms with Crippen LogP contribution < -0.4 is 11.1 Å². The van der Waals surface area contributed by atoms with E-state index in [1.807, 2.05) is 6.92 Å². The standard InChI is InChI=1S/C10H10FN3O/c1-5-2-3-7(11)6(4-5)8-9(12)14-10(15)13-8/h2-4,8H,1H3,(H3,12,13,14,15). The number of hydrogen-bond donors (Lipinski definition) is 2. The molecule has 1 unspecified atom stereocenters. The lowest BCUT2D eigenvalue weighted by Crippen LogP contribution is -2.28. The Morgan fingerprint density at radius 1 is 1.53 bits per heavy atom. The van der Waals surface area contributed by atoms with Crippen LogP contribution in [0.5, 0.6) is 0 Å². The number of benzene rings is 1. The van der Waals surface area contributed by atoms with Crippen LogP contribution in [0.1, 0.15) is 17.2 Å². The van der Waals surface area contributed by atoms with E-state index in [0.717, 1.165) is 5.56 Å². The molecule has 3 N–H and O–H groups in total. The van der Waals surface area contributed by atoms with Crippen molar-refractivity contribution < 1.29 is 9.18 Å². The first kappa shape index (κ1) is 9.64. The zero-order chi connectivity index (χ0) is 11.0. The van der Waals surface area contributed by atoms with Crippen LogP contribution in [0.2, 0.25) is 0 Å². The zero-order valence-corrected chi connectivity index (χ0v) is 8.12. The van der Waals surface area contributed by atoms with Gasteiger partial charge < -0.3 is 11.1 Å². The summed E-state index contributed by atoms with van der Waals surface area (Å²) in [7, 11) is 0. The van der Waals surface area contributed by atoms with Gasteiger partial charge in [-0.3, -0.25) is 0 Å². The summed E-state index contributed by atoms with van der Waals surface area (Å²) in [4.78, 5) is 14.4. The molecule has 0 bridgehead atoms. The van der Waals surface area contributed by atoms with E-state index in [9.17, 15) is 9.18 Å².